The summed E-state index contributed by atoms with van der Waals surface area (Å²) < 4.78 is 15.7. The van der Waals surface area contributed by atoms with E-state index in [2.05, 4.69) is 24.1 Å². The quantitative estimate of drug-likeness (QED) is 0.509. The van der Waals surface area contributed by atoms with Gasteiger partial charge in [-0.25, -0.2) is 14.4 Å². The van der Waals surface area contributed by atoms with Crippen molar-refractivity contribution in [2.75, 3.05) is 12.3 Å². The van der Waals surface area contributed by atoms with Crippen LogP contribution in [0.25, 0.3) is 22.2 Å². The van der Waals surface area contributed by atoms with Crippen LogP contribution in [0, 0.1) is 11.7 Å². The Kier molecular flexibility index (Phi) is 5.35. The van der Waals surface area contributed by atoms with E-state index in [0.717, 1.165) is 5.52 Å². The second-order valence-electron chi connectivity index (χ2n) is 7.75. The summed E-state index contributed by atoms with van der Waals surface area (Å²) in [5.41, 5.74) is 9.80. The van der Waals surface area contributed by atoms with Crippen molar-refractivity contribution in [3.8, 4) is 0 Å². The number of nitrogens with zero attached hydrogens (tertiary/aromatic N) is 3. The van der Waals surface area contributed by atoms with Crippen molar-refractivity contribution >= 4 is 33.9 Å². The number of hydrogen-bond acceptors (Lipinski definition) is 4. The van der Waals surface area contributed by atoms with Gasteiger partial charge in [-0.15, -0.1) is 0 Å². The van der Waals surface area contributed by atoms with E-state index in [1.54, 1.807) is 18.2 Å². The molecule has 0 aliphatic rings. The van der Waals surface area contributed by atoms with Gasteiger partial charge in [0.2, 0.25) is 0 Å². The highest BCUT2D eigenvalue weighted by Crippen LogP contribution is 2.28. The number of para-hydroxylation sites is 2. The summed E-state index contributed by atoms with van der Waals surface area (Å²) in [5, 5.41) is 2.86. The Morgan fingerprint density at radius 2 is 1.77 bits per heavy atom. The van der Waals surface area contributed by atoms with E-state index in [0.29, 0.717) is 52.5 Å². The summed E-state index contributed by atoms with van der Waals surface area (Å²) in [5.74, 6) is 0.0450. The molecule has 3 N–H and O–H groups in total. The lowest BCUT2D eigenvalue weighted by Gasteiger charge is -2.10. The zero-order valence-corrected chi connectivity index (χ0v) is 17.0. The Hall–Kier alpha value is -3.48. The molecule has 154 valence electrons. The second-order valence-corrected chi connectivity index (χ2v) is 7.75. The van der Waals surface area contributed by atoms with Gasteiger partial charge in [-0.1, -0.05) is 44.2 Å². The highest BCUT2D eigenvalue weighted by Gasteiger charge is 2.24. The number of fused-ring (bicyclic) bond motifs is 2. The number of carbonyl (C=O) groups excluding carboxylic acids is 1. The monoisotopic (exact) mass is 405 g/mol. The number of hydrogen-bond donors (Lipinski definition) is 2. The normalized spacial score (nSPS) is 11.5. The number of halogens is 1. The minimum atomic E-state index is -0.332. The molecule has 4 aromatic rings. The number of aromatic nitrogens is 3. The Bertz CT molecular complexity index is 1230. The Morgan fingerprint density at radius 3 is 2.47 bits per heavy atom. The molecule has 0 bridgehead atoms. The first-order valence-corrected chi connectivity index (χ1v) is 10.0. The van der Waals surface area contributed by atoms with Gasteiger partial charge in [0, 0.05) is 13.1 Å². The molecule has 0 fully saturated rings. The van der Waals surface area contributed by atoms with E-state index < -0.39 is 0 Å². The minimum absolute atomic E-state index is 0.280. The van der Waals surface area contributed by atoms with Crippen molar-refractivity contribution < 1.29 is 9.18 Å². The van der Waals surface area contributed by atoms with Crippen LogP contribution in [0.1, 0.15) is 29.8 Å². The summed E-state index contributed by atoms with van der Waals surface area (Å²) in [6.45, 7) is 5.07. The minimum Gasteiger partial charge on any atom is -0.384 e. The van der Waals surface area contributed by atoms with E-state index in [-0.39, 0.29) is 18.3 Å². The number of benzene rings is 2. The van der Waals surface area contributed by atoms with Crippen LogP contribution in [0.5, 0.6) is 0 Å². The van der Waals surface area contributed by atoms with Crippen LogP contribution >= 0.6 is 0 Å². The van der Waals surface area contributed by atoms with Crippen molar-refractivity contribution in [2.24, 2.45) is 5.92 Å². The van der Waals surface area contributed by atoms with Gasteiger partial charge in [-0.3, -0.25) is 4.79 Å². The number of carbonyl (C=O) groups is 1. The molecule has 1 amide bonds. The van der Waals surface area contributed by atoms with Gasteiger partial charge >= 0.3 is 0 Å². The number of amides is 1. The Morgan fingerprint density at radius 1 is 1.10 bits per heavy atom. The molecular weight excluding hydrogens is 381 g/mol. The highest BCUT2D eigenvalue weighted by atomic mass is 19.1. The summed E-state index contributed by atoms with van der Waals surface area (Å²) in [6, 6.07) is 14.1. The van der Waals surface area contributed by atoms with E-state index in [1.807, 2.05) is 28.8 Å². The number of rotatable bonds is 6. The zero-order chi connectivity index (χ0) is 21.3. The van der Waals surface area contributed by atoms with Gasteiger partial charge in [0.1, 0.15) is 22.7 Å². The molecule has 30 heavy (non-hydrogen) atoms. The first kappa shape index (κ1) is 19.8. The van der Waals surface area contributed by atoms with Crippen LogP contribution in [-0.2, 0) is 13.0 Å². The van der Waals surface area contributed by atoms with E-state index >= 15 is 0 Å². The molecule has 2 aromatic heterocycles. The van der Waals surface area contributed by atoms with Gasteiger partial charge in [-0.05, 0) is 36.1 Å². The van der Waals surface area contributed by atoms with Gasteiger partial charge in [0.25, 0.3) is 5.91 Å². The molecule has 0 unspecified atom stereocenters. The van der Waals surface area contributed by atoms with Crippen molar-refractivity contribution in [2.45, 2.75) is 26.8 Å². The molecule has 4 rings (SSSR count). The third-order valence-electron chi connectivity index (χ3n) is 5.00. The summed E-state index contributed by atoms with van der Waals surface area (Å²) in [6.07, 6.45) is 0.386. The Labute approximate surface area is 173 Å². The number of nitrogens with two attached hydrogens (primary N) is 1. The lowest BCUT2D eigenvalue weighted by Crippen LogP contribution is -2.27. The summed E-state index contributed by atoms with van der Waals surface area (Å²) >= 11 is 0. The first-order chi connectivity index (χ1) is 14.5. The standard InChI is InChI=1S/C23H24FN5O/c1-14(2)13-29-21(25)19(20-22(29)28-18-10-6-5-9-17(18)27-20)23(30)26-12-11-15-7-3-4-8-16(15)24/h3-10,14H,11-13,25H2,1-2H3,(H,26,30). The van der Waals surface area contributed by atoms with Crippen molar-refractivity contribution in [1.29, 1.82) is 0 Å². The van der Waals surface area contributed by atoms with Crippen LogP contribution in [-0.4, -0.2) is 27.0 Å². The molecular formula is C23H24FN5O. The van der Waals surface area contributed by atoms with Crippen LogP contribution < -0.4 is 11.1 Å². The highest BCUT2D eigenvalue weighted by molar-refractivity contribution is 6.10. The summed E-state index contributed by atoms with van der Waals surface area (Å²) in [7, 11) is 0. The maximum absolute atomic E-state index is 13.8. The predicted octanol–water partition coefficient (Wildman–Crippen LogP) is 3.93. The van der Waals surface area contributed by atoms with E-state index in [9.17, 15) is 9.18 Å². The van der Waals surface area contributed by atoms with Crippen molar-refractivity contribution in [3.63, 3.8) is 0 Å². The van der Waals surface area contributed by atoms with Crippen LogP contribution in [0.2, 0.25) is 0 Å². The number of nitrogen functional groups attached to an aromatic ring is 1. The molecule has 0 aliphatic heterocycles. The maximum Gasteiger partial charge on any atom is 0.257 e. The molecule has 2 heterocycles. The van der Waals surface area contributed by atoms with Crippen LogP contribution in [0.15, 0.2) is 48.5 Å². The number of anilines is 1. The molecule has 0 atom stereocenters. The van der Waals surface area contributed by atoms with Crippen molar-refractivity contribution in [3.05, 3.63) is 65.5 Å². The van der Waals surface area contributed by atoms with Gasteiger partial charge in [-0.2, -0.15) is 0 Å². The maximum atomic E-state index is 13.8. The lowest BCUT2D eigenvalue weighted by molar-refractivity contribution is 0.0956. The van der Waals surface area contributed by atoms with Crippen molar-refractivity contribution in [1.82, 2.24) is 19.9 Å². The lowest BCUT2D eigenvalue weighted by atomic mass is 10.1. The van der Waals surface area contributed by atoms with Crippen LogP contribution in [0.4, 0.5) is 10.2 Å². The second kappa shape index (κ2) is 8.10. The SMILES string of the molecule is CC(C)Cn1c(N)c(C(=O)NCCc2ccccc2F)c2nc3ccccc3nc21. The van der Waals surface area contributed by atoms with E-state index in [1.165, 1.54) is 6.07 Å². The Balaban J connectivity index is 1.69. The van der Waals surface area contributed by atoms with Gasteiger partial charge in [0.15, 0.2) is 5.65 Å². The van der Waals surface area contributed by atoms with Crippen LogP contribution in [0.3, 0.4) is 0 Å². The molecule has 6 nitrogen and oxygen atoms in total. The largest absolute Gasteiger partial charge is 0.384 e. The number of nitrogens with one attached hydrogen (secondary N) is 1. The smallest absolute Gasteiger partial charge is 0.257 e. The summed E-state index contributed by atoms with van der Waals surface area (Å²) in [4.78, 5) is 22.4. The predicted molar refractivity (Wildman–Crippen MR) is 117 cm³/mol. The third-order valence-corrected chi connectivity index (χ3v) is 5.00. The fourth-order valence-corrected chi connectivity index (χ4v) is 3.59. The fourth-order valence-electron chi connectivity index (χ4n) is 3.59. The van der Waals surface area contributed by atoms with Gasteiger partial charge in [0.05, 0.1) is 11.0 Å². The van der Waals surface area contributed by atoms with E-state index in [4.69, 9.17) is 10.7 Å². The molecule has 0 aliphatic carbocycles. The third kappa shape index (κ3) is 3.70. The molecule has 0 radical (unpaired) electrons. The molecule has 0 saturated carbocycles. The topological polar surface area (TPSA) is 85.8 Å². The molecule has 0 spiro atoms. The first-order valence-electron chi connectivity index (χ1n) is 10.0. The zero-order valence-electron chi connectivity index (χ0n) is 17.0. The molecule has 0 saturated heterocycles. The average Bonchev–Trinajstić information content (AvgIpc) is 2.98. The molecule has 2 aromatic carbocycles. The van der Waals surface area contributed by atoms with Gasteiger partial charge < -0.3 is 15.6 Å². The molecule has 7 heteroatoms. The average molecular weight is 405 g/mol. The fraction of sp³-hybridized carbons (Fsp3) is 0.261.